The number of anilines is 2. The molecule has 0 radical (unpaired) electrons. The predicted molar refractivity (Wildman–Crippen MR) is 115 cm³/mol. The molecule has 6 rings (SSSR count). The first kappa shape index (κ1) is 17.5. The summed E-state index contributed by atoms with van der Waals surface area (Å²) in [6, 6.07) is 10.4. The molecule has 0 bridgehead atoms. The van der Waals surface area contributed by atoms with E-state index in [-0.39, 0.29) is 6.01 Å². The normalized spacial score (nSPS) is 18.2. The number of nitrogens with two attached hydrogens (primary N) is 1. The zero-order valence-electron chi connectivity index (χ0n) is 16.5. The number of fused-ring (bicyclic) bond motifs is 2. The standard InChI is InChI=1S/C21H22N8O/c22-21-26-17-9-13(1-4-18(17)30-21)15-2-3-16-20(25-15)27-19(10-24-16)29-11-14(12-29)28-7-5-23-6-8-28/h1-4,9-10,14,23H,5-8,11-12H2,(H2,22,26). The molecule has 1 aromatic carbocycles. The number of hydrogen-bond acceptors (Lipinski definition) is 9. The van der Waals surface area contributed by atoms with Crippen LogP contribution in [0.1, 0.15) is 0 Å². The highest BCUT2D eigenvalue weighted by molar-refractivity contribution is 5.82. The number of hydrogen-bond donors (Lipinski definition) is 2. The fraction of sp³-hybridized carbons (Fsp3) is 0.333. The molecule has 9 heteroatoms. The van der Waals surface area contributed by atoms with Gasteiger partial charge in [-0.05, 0) is 30.3 Å². The molecule has 30 heavy (non-hydrogen) atoms. The van der Waals surface area contributed by atoms with Crippen LogP contribution in [0.3, 0.4) is 0 Å². The van der Waals surface area contributed by atoms with Gasteiger partial charge in [0, 0.05) is 50.9 Å². The van der Waals surface area contributed by atoms with Crippen molar-refractivity contribution in [3.8, 4) is 11.3 Å². The van der Waals surface area contributed by atoms with Crippen molar-refractivity contribution in [2.24, 2.45) is 0 Å². The van der Waals surface area contributed by atoms with Crippen LogP contribution < -0.4 is 16.0 Å². The van der Waals surface area contributed by atoms with Crippen molar-refractivity contribution in [1.82, 2.24) is 30.2 Å². The van der Waals surface area contributed by atoms with E-state index < -0.39 is 0 Å². The predicted octanol–water partition coefficient (Wildman–Crippen LogP) is 1.51. The minimum atomic E-state index is 0.165. The minimum absolute atomic E-state index is 0.165. The summed E-state index contributed by atoms with van der Waals surface area (Å²) < 4.78 is 5.35. The van der Waals surface area contributed by atoms with Crippen LogP contribution in [0.2, 0.25) is 0 Å². The molecule has 2 fully saturated rings. The van der Waals surface area contributed by atoms with Crippen molar-refractivity contribution in [2.75, 3.05) is 49.9 Å². The van der Waals surface area contributed by atoms with Gasteiger partial charge in [0.2, 0.25) is 0 Å². The number of nitrogen functional groups attached to an aromatic ring is 1. The second-order valence-electron chi connectivity index (χ2n) is 7.85. The number of pyridine rings is 1. The molecule has 2 saturated heterocycles. The van der Waals surface area contributed by atoms with E-state index in [1.165, 1.54) is 0 Å². The van der Waals surface area contributed by atoms with Crippen molar-refractivity contribution in [2.45, 2.75) is 6.04 Å². The summed E-state index contributed by atoms with van der Waals surface area (Å²) in [4.78, 5) is 23.2. The van der Waals surface area contributed by atoms with E-state index in [0.29, 0.717) is 22.8 Å². The van der Waals surface area contributed by atoms with E-state index in [1.54, 1.807) is 0 Å². The van der Waals surface area contributed by atoms with Gasteiger partial charge in [0.15, 0.2) is 11.2 Å². The average molecular weight is 402 g/mol. The number of piperazine rings is 1. The van der Waals surface area contributed by atoms with E-state index >= 15 is 0 Å². The summed E-state index contributed by atoms with van der Waals surface area (Å²) in [5, 5.41) is 3.41. The fourth-order valence-corrected chi connectivity index (χ4v) is 4.23. The first-order chi connectivity index (χ1) is 14.7. The van der Waals surface area contributed by atoms with Gasteiger partial charge in [-0.1, -0.05) is 0 Å². The van der Waals surface area contributed by atoms with E-state index in [1.807, 2.05) is 36.5 Å². The third-order valence-corrected chi connectivity index (χ3v) is 5.95. The molecular weight excluding hydrogens is 380 g/mol. The van der Waals surface area contributed by atoms with Gasteiger partial charge in [0.05, 0.1) is 11.9 Å². The lowest BCUT2D eigenvalue weighted by atomic mass is 10.1. The zero-order chi connectivity index (χ0) is 20.1. The van der Waals surface area contributed by atoms with Gasteiger partial charge in [-0.25, -0.2) is 15.0 Å². The molecule has 0 saturated carbocycles. The lowest BCUT2D eigenvalue weighted by Crippen LogP contribution is -2.63. The van der Waals surface area contributed by atoms with Gasteiger partial charge in [-0.3, -0.25) is 4.90 Å². The number of rotatable bonds is 3. The number of nitrogens with zero attached hydrogens (tertiary/aromatic N) is 6. The fourth-order valence-electron chi connectivity index (χ4n) is 4.23. The summed E-state index contributed by atoms with van der Waals surface area (Å²) in [5.74, 6) is 0.887. The molecule has 0 aliphatic carbocycles. The molecule has 3 N–H and O–H groups in total. The first-order valence-electron chi connectivity index (χ1n) is 10.2. The first-order valence-corrected chi connectivity index (χ1v) is 10.2. The maximum absolute atomic E-state index is 5.65. The van der Waals surface area contributed by atoms with Crippen molar-refractivity contribution in [3.05, 3.63) is 36.5 Å². The Labute approximate surface area is 172 Å². The van der Waals surface area contributed by atoms with Crippen molar-refractivity contribution in [1.29, 1.82) is 0 Å². The number of aromatic nitrogens is 4. The van der Waals surface area contributed by atoms with Crippen molar-refractivity contribution in [3.63, 3.8) is 0 Å². The van der Waals surface area contributed by atoms with Crippen LogP contribution in [-0.2, 0) is 0 Å². The monoisotopic (exact) mass is 402 g/mol. The molecule has 2 aliphatic heterocycles. The summed E-state index contributed by atoms with van der Waals surface area (Å²) in [5.41, 5.74) is 10.2. The molecule has 0 amide bonds. The molecule has 152 valence electrons. The topological polar surface area (TPSA) is 109 Å². The van der Waals surface area contributed by atoms with Crippen molar-refractivity contribution < 1.29 is 4.42 Å². The minimum Gasteiger partial charge on any atom is -0.424 e. The van der Waals surface area contributed by atoms with Crippen LogP contribution in [0.15, 0.2) is 40.9 Å². The highest BCUT2D eigenvalue weighted by atomic mass is 16.4. The molecule has 4 aromatic rings. The molecular formula is C21H22N8O. The Bertz CT molecular complexity index is 1230. The van der Waals surface area contributed by atoms with Gasteiger partial charge in [0.25, 0.3) is 6.01 Å². The highest BCUT2D eigenvalue weighted by Crippen LogP contribution is 2.27. The van der Waals surface area contributed by atoms with E-state index in [9.17, 15) is 0 Å². The van der Waals surface area contributed by atoms with Crippen LogP contribution in [0.4, 0.5) is 11.8 Å². The van der Waals surface area contributed by atoms with E-state index in [2.05, 4.69) is 25.1 Å². The number of benzene rings is 1. The SMILES string of the molecule is Nc1nc2cc(-c3ccc4ncc(N5CC(N6CCNCC6)C5)nc4n3)ccc2o1. The van der Waals surface area contributed by atoms with Crippen LogP contribution >= 0.6 is 0 Å². The van der Waals surface area contributed by atoms with Gasteiger partial charge >= 0.3 is 0 Å². The second-order valence-corrected chi connectivity index (χ2v) is 7.85. The Balaban J connectivity index is 1.26. The van der Waals surface area contributed by atoms with E-state index in [4.69, 9.17) is 20.1 Å². The molecule has 0 spiro atoms. The molecule has 2 aliphatic rings. The third kappa shape index (κ3) is 3.03. The molecule has 0 unspecified atom stereocenters. The third-order valence-electron chi connectivity index (χ3n) is 5.95. The molecule has 9 nitrogen and oxygen atoms in total. The summed E-state index contributed by atoms with van der Waals surface area (Å²) in [6.07, 6.45) is 1.85. The summed E-state index contributed by atoms with van der Waals surface area (Å²) in [7, 11) is 0. The van der Waals surface area contributed by atoms with Crippen molar-refractivity contribution >= 4 is 34.1 Å². The zero-order valence-corrected chi connectivity index (χ0v) is 16.5. The second kappa shape index (κ2) is 6.89. The van der Waals surface area contributed by atoms with Gasteiger partial charge in [-0.15, -0.1) is 0 Å². The summed E-state index contributed by atoms with van der Waals surface area (Å²) >= 11 is 0. The van der Waals surface area contributed by atoms with Crippen LogP contribution in [-0.4, -0.2) is 70.1 Å². The Morgan fingerprint density at radius 3 is 2.73 bits per heavy atom. The lowest BCUT2D eigenvalue weighted by Gasteiger charge is -2.47. The van der Waals surface area contributed by atoms with Gasteiger partial charge < -0.3 is 20.4 Å². The van der Waals surface area contributed by atoms with Crippen LogP contribution in [0.25, 0.3) is 33.5 Å². The molecule has 0 atom stereocenters. The van der Waals surface area contributed by atoms with E-state index in [0.717, 1.165) is 61.9 Å². The Hall–Kier alpha value is -3.30. The number of oxazole rings is 1. The quantitative estimate of drug-likeness (QED) is 0.527. The Morgan fingerprint density at radius 2 is 1.87 bits per heavy atom. The molecule has 3 aromatic heterocycles. The van der Waals surface area contributed by atoms with Gasteiger partial charge in [0.1, 0.15) is 16.9 Å². The lowest BCUT2D eigenvalue weighted by molar-refractivity contribution is 0.147. The van der Waals surface area contributed by atoms with Gasteiger partial charge in [-0.2, -0.15) is 4.98 Å². The molecule has 5 heterocycles. The maximum atomic E-state index is 5.65. The van der Waals surface area contributed by atoms with Crippen LogP contribution in [0.5, 0.6) is 0 Å². The van der Waals surface area contributed by atoms with Crippen LogP contribution in [0, 0.1) is 0 Å². The average Bonchev–Trinajstić information content (AvgIpc) is 3.12. The Kier molecular flexibility index (Phi) is 4.03. The number of nitrogens with one attached hydrogen (secondary N) is 1. The smallest absolute Gasteiger partial charge is 0.292 e. The maximum Gasteiger partial charge on any atom is 0.292 e. The largest absolute Gasteiger partial charge is 0.424 e. The highest BCUT2D eigenvalue weighted by Gasteiger charge is 2.33. The Morgan fingerprint density at radius 1 is 1.00 bits per heavy atom. The summed E-state index contributed by atoms with van der Waals surface area (Å²) in [6.45, 7) is 6.37.